The van der Waals surface area contributed by atoms with Gasteiger partial charge >= 0.3 is 0 Å². The van der Waals surface area contributed by atoms with Crippen LogP contribution in [0.25, 0.3) is 23.1 Å². The first-order chi connectivity index (χ1) is 8.92. The summed E-state index contributed by atoms with van der Waals surface area (Å²) in [5, 5.41) is 4.76. The van der Waals surface area contributed by atoms with E-state index >= 15 is 0 Å². The number of rotatable bonds is 0. The molecule has 0 radical (unpaired) electrons. The van der Waals surface area contributed by atoms with E-state index < -0.39 is 0 Å². The predicted octanol–water partition coefficient (Wildman–Crippen LogP) is 4.40. The number of benzene rings is 2. The lowest BCUT2D eigenvalue weighted by Crippen LogP contribution is -1.91. The second kappa shape index (κ2) is 3.50. The maximum absolute atomic E-state index is 3.53. The van der Waals surface area contributed by atoms with Gasteiger partial charge in [0.1, 0.15) is 0 Å². The first-order valence-corrected chi connectivity index (χ1v) is 6.07. The highest BCUT2D eigenvalue weighted by Gasteiger charge is 2.13. The van der Waals surface area contributed by atoms with Crippen molar-refractivity contribution in [2.24, 2.45) is 0 Å². The van der Waals surface area contributed by atoms with Gasteiger partial charge in [0, 0.05) is 16.6 Å². The van der Waals surface area contributed by atoms with Crippen molar-refractivity contribution in [3.63, 3.8) is 0 Å². The molecule has 1 aliphatic rings. The summed E-state index contributed by atoms with van der Waals surface area (Å²) in [4.78, 5) is 3.44. The second-order valence-corrected chi connectivity index (χ2v) is 4.50. The lowest BCUT2D eigenvalue weighted by molar-refractivity contribution is 1.43. The zero-order valence-electron chi connectivity index (χ0n) is 9.77. The molecule has 0 fully saturated rings. The number of para-hydroxylation sites is 2. The van der Waals surface area contributed by atoms with Crippen LogP contribution >= 0.6 is 0 Å². The molecular formula is C16H12N2. The van der Waals surface area contributed by atoms with Gasteiger partial charge in [0.15, 0.2) is 0 Å². The number of nitrogens with one attached hydrogen (secondary N) is 2. The SMILES string of the molecule is C1=Cc2[nH]c3ccccc3c2Nc2ccccc21. The van der Waals surface area contributed by atoms with E-state index in [-0.39, 0.29) is 0 Å². The van der Waals surface area contributed by atoms with Gasteiger partial charge < -0.3 is 10.3 Å². The van der Waals surface area contributed by atoms with Crippen LogP contribution in [0.1, 0.15) is 11.3 Å². The molecule has 86 valence electrons. The first-order valence-electron chi connectivity index (χ1n) is 6.07. The van der Waals surface area contributed by atoms with Gasteiger partial charge in [0.2, 0.25) is 0 Å². The summed E-state index contributed by atoms with van der Waals surface area (Å²) in [7, 11) is 0. The van der Waals surface area contributed by atoms with Crippen molar-refractivity contribution in [2.45, 2.75) is 0 Å². The van der Waals surface area contributed by atoms with Gasteiger partial charge in [0.25, 0.3) is 0 Å². The third-order valence-electron chi connectivity index (χ3n) is 3.39. The maximum atomic E-state index is 3.53. The zero-order chi connectivity index (χ0) is 11.9. The largest absolute Gasteiger partial charge is 0.353 e. The van der Waals surface area contributed by atoms with Gasteiger partial charge in [-0.05, 0) is 23.8 Å². The molecule has 2 heterocycles. The Hall–Kier alpha value is -2.48. The fourth-order valence-corrected chi connectivity index (χ4v) is 2.49. The lowest BCUT2D eigenvalue weighted by atomic mass is 10.1. The molecule has 0 saturated carbocycles. The molecule has 2 heteroatoms. The van der Waals surface area contributed by atoms with Gasteiger partial charge in [-0.2, -0.15) is 0 Å². The molecule has 18 heavy (non-hydrogen) atoms. The van der Waals surface area contributed by atoms with Gasteiger partial charge in [-0.1, -0.05) is 42.5 Å². The molecule has 4 rings (SSSR count). The Bertz CT molecular complexity index is 766. The molecule has 0 atom stereocenters. The van der Waals surface area contributed by atoms with Crippen LogP contribution in [-0.2, 0) is 0 Å². The van der Waals surface area contributed by atoms with E-state index in [4.69, 9.17) is 0 Å². The van der Waals surface area contributed by atoms with Gasteiger partial charge in [-0.25, -0.2) is 0 Å². The number of hydrogen-bond acceptors (Lipinski definition) is 1. The van der Waals surface area contributed by atoms with Crippen LogP contribution in [0.15, 0.2) is 48.5 Å². The molecule has 1 aliphatic heterocycles. The van der Waals surface area contributed by atoms with E-state index in [0.717, 1.165) is 17.1 Å². The summed E-state index contributed by atoms with van der Waals surface area (Å²) < 4.78 is 0. The van der Waals surface area contributed by atoms with E-state index in [1.165, 1.54) is 16.5 Å². The summed E-state index contributed by atoms with van der Waals surface area (Å²) in [6.45, 7) is 0. The molecule has 1 aromatic heterocycles. The predicted molar refractivity (Wildman–Crippen MR) is 77.0 cm³/mol. The maximum Gasteiger partial charge on any atom is 0.0718 e. The van der Waals surface area contributed by atoms with Crippen molar-refractivity contribution < 1.29 is 0 Å². The van der Waals surface area contributed by atoms with Crippen LogP contribution in [0.3, 0.4) is 0 Å². The number of H-pyrrole nitrogens is 1. The minimum absolute atomic E-state index is 1.13. The van der Waals surface area contributed by atoms with E-state index in [1.54, 1.807) is 0 Å². The Morgan fingerprint density at radius 1 is 0.778 bits per heavy atom. The third-order valence-corrected chi connectivity index (χ3v) is 3.39. The van der Waals surface area contributed by atoms with Crippen LogP contribution in [0, 0.1) is 0 Å². The summed E-state index contributed by atoms with van der Waals surface area (Å²) >= 11 is 0. The van der Waals surface area contributed by atoms with Crippen molar-refractivity contribution >= 4 is 34.4 Å². The minimum atomic E-state index is 1.13. The van der Waals surface area contributed by atoms with Crippen LogP contribution < -0.4 is 5.32 Å². The van der Waals surface area contributed by atoms with E-state index in [0.29, 0.717) is 0 Å². The molecule has 0 bridgehead atoms. The second-order valence-electron chi connectivity index (χ2n) is 4.50. The molecule has 3 aromatic rings. The monoisotopic (exact) mass is 232 g/mol. The van der Waals surface area contributed by atoms with E-state index in [2.05, 4.69) is 71.0 Å². The van der Waals surface area contributed by atoms with Crippen molar-refractivity contribution in [2.75, 3.05) is 5.32 Å². The van der Waals surface area contributed by atoms with Gasteiger partial charge in [0.05, 0.1) is 11.4 Å². The van der Waals surface area contributed by atoms with Crippen molar-refractivity contribution in [1.82, 2.24) is 4.98 Å². The van der Waals surface area contributed by atoms with E-state index in [9.17, 15) is 0 Å². The molecule has 2 N–H and O–H groups in total. The molecule has 0 spiro atoms. The Kier molecular flexibility index (Phi) is 1.86. The van der Waals surface area contributed by atoms with Crippen LogP contribution in [0.2, 0.25) is 0 Å². The number of aromatic amines is 1. The molecule has 2 aromatic carbocycles. The number of anilines is 2. The standard InChI is InChI=1S/C16H12N2/c1-3-7-13-11(5-1)9-10-15-16(18-13)12-6-2-4-8-14(12)17-15/h1-10,17-18H. The summed E-state index contributed by atoms with van der Waals surface area (Å²) in [6.07, 6.45) is 4.28. The van der Waals surface area contributed by atoms with Crippen molar-refractivity contribution in [1.29, 1.82) is 0 Å². The highest BCUT2D eigenvalue weighted by atomic mass is 14.9. The fourth-order valence-electron chi connectivity index (χ4n) is 2.49. The van der Waals surface area contributed by atoms with Crippen LogP contribution in [0.5, 0.6) is 0 Å². The summed E-state index contributed by atoms with van der Waals surface area (Å²) in [5.74, 6) is 0. The molecule has 2 nitrogen and oxygen atoms in total. The van der Waals surface area contributed by atoms with Crippen molar-refractivity contribution in [3.05, 3.63) is 59.8 Å². The first kappa shape index (κ1) is 9.54. The van der Waals surface area contributed by atoms with Gasteiger partial charge in [-0.3, -0.25) is 0 Å². The third kappa shape index (κ3) is 1.29. The normalized spacial score (nSPS) is 12.7. The zero-order valence-corrected chi connectivity index (χ0v) is 9.77. The quantitative estimate of drug-likeness (QED) is 0.462. The summed E-state index contributed by atoms with van der Waals surface area (Å²) in [6, 6.07) is 16.7. The molecule has 0 unspecified atom stereocenters. The number of fused-ring (bicyclic) bond motifs is 4. The Balaban J connectivity index is 2.01. The highest BCUT2D eigenvalue weighted by Crippen LogP contribution is 2.35. The average molecular weight is 232 g/mol. The molecule has 0 saturated heterocycles. The minimum Gasteiger partial charge on any atom is -0.353 e. The Morgan fingerprint density at radius 3 is 2.61 bits per heavy atom. The smallest absolute Gasteiger partial charge is 0.0718 e. The van der Waals surface area contributed by atoms with Crippen molar-refractivity contribution in [3.8, 4) is 0 Å². The average Bonchev–Trinajstić information content (AvgIpc) is 2.65. The number of hydrogen-bond donors (Lipinski definition) is 2. The number of aromatic nitrogens is 1. The van der Waals surface area contributed by atoms with E-state index in [1.807, 2.05) is 0 Å². The Morgan fingerprint density at radius 2 is 1.61 bits per heavy atom. The van der Waals surface area contributed by atoms with Crippen LogP contribution in [0.4, 0.5) is 11.4 Å². The topological polar surface area (TPSA) is 27.8 Å². The van der Waals surface area contributed by atoms with Gasteiger partial charge in [-0.15, -0.1) is 0 Å². The Labute approximate surface area is 105 Å². The highest BCUT2D eigenvalue weighted by molar-refractivity contribution is 6.02. The molecular weight excluding hydrogens is 220 g/mol. The fraction of sp³-hybridized carbons (Fsp3) is 0. The summed E-state index contributed by atoms with van der Waals surface area (Å²) in [5.41, 5.74) is 5.82. The molecule has 0 amide bonds. The van der Waals surface area contributed by atoms with Crippen LogP contribution in [-0.4, -0.2) is 4.98 Å². The lowest BCUT2D eigenvalue weighted by Gasteiger charge is -2.07. The molecule has 0 aliphatic carbocycles.